The molecule has 0 aromatic heterocycles. The van der Waals surface area contributed by atoms with Crippen molar-refractivity contribution in [2.75, 3.05) is 0 Å². The Hall–Kier alpha value is -0.257. The van der Waals surface area contributed by atoms with E-state index >= 15 is 0 Å². The van der Waals surface area contributed by atoms with E-state index in [-0.39, 0.29) is 19.5 Å². The minimum atomic E-state index is -6.28. The van der Waals surface area contributed by atoms with Crippen LogP contribution in [0, 0.1) is 0 Å². The molecule has 0 heterocycles. The van der Waals surface area contributed by atoms with Crippen molar-refractivity contribution in [2.24, 2.45) is 0 Å². The van der Waals surface area contributed by atoms with Crippen LogP contribution in [0.1, 0.15) is 0 Å². The summed E-state index contributed by atoms with van der Waals surface area (Å²) in [5.41, 5.74) is 0. The molecular formula is C6H6O15S6Zn+2. The topological polar surface area (TPSA) is 272 Å². The van der Waals surface area contributed by atoms with E-state index in [9.17, 15) is 42.1 Å². The number of thiol groups is 1. The Balaban J connectivity index is 0.00000729. The summed E-state index contributed by atoms with van der Waals surface area (Å²) in [6.07, 6.45) is 0. The zero-order valence-electron chi connectivity index (χ0n) is 12.5. The SMILES string of the molecule is O=S(=O)(O)c1c(S)c(S(=O)(=O)O)c(S(=O)(=O)O)c(S(=O)(=O)O)c1S(=O)(=O)O.[Zn+2]. The fourth-order valence-electron chi connectivity index (χ4n) is 1.81. The van der Waals surface area contributed by atoms with Crippen molar-refractivity contribution in [3.8, 4) is 0 Å². The van der Waals surface area contributed by atoms with Crippen LogP contribution < -0.4 is 0 Å². The molecule has 22 heteroatoms. The molecule has 15 nitrogen and oxygen atoms in total. The summed E-state index contributed by atoms with van der Waals surface area (Å²) in [6, 6.07) is 0. The predicted molar refractivity (Wildman–Crippen MR) is 82.8 cm³/mol. The van der Waals surface area contributed by atoms with Gasteiger partial charge in [-0.15, -0.1) is 12.6 Å². The Morgan fingerprint density at radius 3 is 0.714 bits per heavy atom. The summed E-state index contributed by atoms with van der Waals surface area (Å²) in [6.45, 7) is 0. The van der Waals surface area contributed by atoms with Crippen LogP contribution in [0.2, 0.25) is 0 Å². The Kier molecular flexibility index (Phi) is 7.70. The fraction of sp³-hybridized carbons (Fsp3) is 0. The Labute approximate surface area is 176 Å². The maximum Gasteiger partial charge on any atom is 2.00 e. The third-order valence-electron chi connectivity index (χ3n) is 2.54. The van der Waals surface area contributed by atoms with Gasteiger partial charge in [0.15, 0.2) is 0 Å². The van der Waals surface area contributed by atoms with Gasteiger partial charge in [0.05, 0.1) is 0 Å². The maximum atomic E-state index is 11.5. The molecule has 1 aromatic carbocycles. The minimum absolute atomic E-state index is 0. The second-order valence-electron chi connectivity index (χ2n) is 4.37. The van der Waals surface area contributed by atoms with Crippen molar-refractivity contribution in [1.29, 1.82) is 0 Å². The van der Waals surface area contributed by atoms with E-state index in [1.54, 1.807) is 0 Å². The van der Waals surface area contributed by atoms with Gasteiger partial charge in [0.25, 0.3) is 50.6 Å². The van der Waals surface area contributed by atoms with Gasteiger partial charge in [-0.2, -0.15) is 42.1 Å². The Morgan fingerprint density at radius 1 is 0.429 bits per heavy atom. The first kappa shape index (κ1) is 27.7. The number of benzene rings is 1. The molecule has 0 bridgehead atoms. The summed E-state index contributed by atoms with van der Waals surface area (Å²) in [5.74, 6) is 0. The molecule has 0 aliphatic rings. The van der Waals surface area contributed by atoms with Gasteiger partial charge in [-0.1, -0.05) is 0 Å². The molecule has 0 aliphatic carbocycles. The largest absolute Gasteiger partial charge is 2.00 e. The van der Waals surface area contributed by atoms with Crippen LogP contribution in [0.25, 0.3) is 0 Å². The molecule has 0 aliphatic heterocycles. The van der Waals surface area contributed by atoms with Crippen LogP contribution >= 0.6 is 12.6 Å². The standard InChI is InChI=1S/C6H6O15S6.Zn/c7-23(8,9)2-1(22)3(24(10,11)12)5(26(16,17)18)6(27(19,20)21)4(2)25(13,14)15;/h22H,(H,7,8,9)(H,10,11,12)(H,13,14,15)(H,16,17,18)(H,19,20,21);/q;+2. The third-order valence-corrected chi connectivity index (χ3v) is 8.43. The van der Waals surface area contributed by atoms with Crippen LogP contribution in [0.5, 0.6) is 0 Å². The molecule has 1 rings (SSSR count). The van der Waals surface area contributed by atoms with Crippen LogP contribution in [0.4, 0.5) is 0 Å². The average Bonchev–Trinajstić information content (AvgIpc) is 2.29. The van der Waals surface area contributed by atoms with E-state index in [0.29, 0.717) is 0 Å². The van der Waals surface area contributed by atoms with E-state index in [1.807, 2.05) is 0 Å². The van der Waals surface area contributed by atoms with Gasteiger partial charge in [0.1, 0.15) is 24.5 Å². The minimum Gasteiger partial charge on any atom is -0.282 e. The average molecular weight is 576 g/mol. The van der Waals surface area contributed by atoms with E-state index in [1.165, 1.54) is 0 Å². The molecule has 28 heavy (non-hydrogen) atoms. The molecule has 0 saturated heterocycles. The summed E-state index contributed by atoms with van der Waals surface area (Å²) in [4.78, 5) is -14.4. The van der Waals surface area contributed by atoms with Gasteiger partial charge in [0, 0.05) is 4.90 Å². The normalized spacial score (nSPS) is 13.8. The molecule has 0 saturated carbocycles. The van der Waals surface area contributed by atoms with Crippen molar-refractivity contribution in [2.45, 2.75) is 29.4 Å². The molecule has 0 unspecified atom stereocenters. The van der Waals surface area contributed by atoms with E-state index in [2.05, 4.69) is 12.6 Å². The summed E-state index contributed by atoms with van der Waals surface area (Å²) < 4.78 is 160. The molecule has 156 valence electrons. The Morgan fingerprint density at radius 2 is 0.571 bits per heavy atom. The van der Waals surface area contributed by atoms with E-state index < -0.39 is 80.0 Å². The summed E-state index contributed by atoms with van der Waals surface area (Å²) >= 11 is 3.14. The maximum absolute atomic E-state index is 11.5. The van der Waals surface area contributed by atoms with Crippen molar-refractivity contribution in [3.63, 3.8) is 0 Å². The molecule has 0 fully saturated rings. The molecule has 5 N–H and O–H groups in total. The van der Waals surface area contributed by atoms with Gasteiger partial charge in [0.2, 0.25) is 0 Å². The molecule has 1 aromatic rings. The van der Waals surface area contributed by atoms with Crippen molar-refractivity contribution in [3.05, 3.63) is 0 Å². The van der Waals surface area contributed by atoms with Crippen molar-refractivity contribution >= 4 is 63.2 Å². The van der Waals surface area contributed by atoms with Gasteiger partial charge < -0.3 is 0 Å². The van der Waals surface area contributed by atoms with Gasteiger partial charge in [-0.3, -0.25) is 22.8 Å². The summed E-state index contributed by atoms with van der Waals surface area (Å²) in [7, 11) is -30.7. The molecule has 0 spiro atoms. The smallest absolute Gasteiger partial charge is 0.282 e. The van der Waals surface area contributed by atoms with Crippen molar-refractivity contribution in [1.82, 2.24) is 0 Å². The van der Waals surface area contributed by atoms with Gasteiger partial charge in [-0.25, -0.2) is 0 Å². The molecule has 0 atom stereocenters. The fourth-order valence-corrected chi connectivity index (χ4v) is 9.05. The second-order valence-corrected chi connectivity index (χ2v) is 11.6. The van der Waals surface area contributed by atoms with Crippen molar-refractivity contribution < 1.29 is 84.3 Å². The van der Waals surface area contributed by atoms with Crippen LogP contribution in [0.15, 0.2) is 29.4 Å². The zero-order chi connectivity index (χ0) is 22.0. The van der Waals surface area contributed by atoms with Crippen LogP contribution in [-0.4, -0.2) is 64.9 Å². The van der Waals surface area contributed by atoms with Gasteiger partial charge in [-0.05, 0) is 0 Å². The molecule has 0 radical (unpaired) electrons. The first-order chi connectivity index (χ1) is 11.5. The van der Waals surface area contributed by atoms with Gasteiger partial charge >= 0.3 is 19.5 Å². The van der Waals surface area contributed by atoms with E-state index in [4.69, 9.17) is 22.8 Å². The third kappa shape index (κ3) is 5.46. The molecular weight excluding hydrogens is 570 g/mol. The molecule has 0 amide bonds. The van der Waals surface area contributed by atoms with Crippen LogP contribution in [0.3, 0.4) is 0 Å². The second kappa shape index (κ2) is 7.78. The number of hydrogen-bond donors (Lipinski definition) is 6. The Bertz CT molecular complexity index is 1270. The summed E-state index contributed by atoms with van der Waals surface area (Å²) in [5, 5.41) is 0. The first-order valence-electron chi connectivity index (χ1n) is 5.32. The van der Waals surface area contributed by atoms with Crippen LogP contribution in [-0.2, 0) is 70.1 Å². The zero-order valence-corrected chi connectivity index (χ0v) is 20.5. The number of rotatable bonds is 5. The predicted octanol–water partition coefficient (Wildman–Crippen LogP) is -1.79. The quantitative estimate of drug-likeness (QED) is 0.128. The monoisotopic (exact) mass is 574 g/mol. The first-order valence-corrected chi connectivity index (χ1v) is 13.0. The number of hydrogen-bond acceptors (Lipinski definition) is 11. The van der Waals surface area contributed by atoms with E-state index in [0.717, 1.165) is 0 Å².